The van der Waals surface area contributed by atoms with Crippen LogP contribution in [0.5, 0.6) is 11.5 Å². The van der Waals surface area contributed by atoms with Crippen LogP contribution in [-0.2, 0) is 0 Å². The van der Waals surface area contributed by atoms with E-state index in [-0.39, 0.29) is 0 Å². The van der Waals surface area contributed by atoms with Gasteiger partial charge in [0.25, 0.3) is 0 Å². The summed E-state index contributed by atoms with van der Waals surface area (Å²) in [6.45, 7) is 3.20. The van der Waals surface area contributed by atoms with Gasteiger partial charge in [0, 0.05) is 16.1 Å². The molecule has 0 spiro atoms. The lowest BCUT2D eigenvalue weighted by molar-refractivity contribution is 0.262. The predicted octanol–water partition coefficient (Wildman–Crippen LogP) is 4.65. The van der Waals surface area contributed by atoms with Gasteiger partial charge in [-0.2, -0.15) is 0 Å². The Labute approximate surface area is 158 Å². The van der Waals surface area contributed by atoms with E-state index in [1.807, 2.05) is 55.6 Å². The Hall–Kier alpha value is -1.96. The normalized spacial score (nSPS) is 11.3. The van der Waals surface area contributed by atoms with E-state index < -0.39 is 0 Å². The third-order valence-corrected chi connectivity index (χ3v) is 4.24. The molecule has 25 heavy (non-hydrogen) atoms. The summed E-state index contributed by atoms with van der Waals surface area (Å²) in [5, 5.41) is 3.27. The smallest absolute Gasteiger partial charge is 0.149 e. The van der Waals surface area contributed by atoms with E-state index in [0.717, 1.165) is 34.4 Å². The molecule has 0 heterocycles. The fourth-order valence-electron chi connectivity index (χ4n) is 2.28. The third kappa shape index (κ3) is 7.21. The molecule has 4 heteroatoms. The summed E-state index contributed by atoms with van der Waals surface area (Å²) in [4.78, 5) is 0. The van der Waals surface area contributed by atoms with E-state index >= 15 is 0 Å². The van der Waals surface area contributed by atoms with Crippen molar-refractivity contribution in [3.05, 3.63) is 58.6 Å². The highest BCUT2D eigenvalue weighted by atomic mass is 79.9. The second-order valence-electron chi connectivity index (χ2n) is 5.65. The lowest BCUT2D eigenvalue weighted by atomic mass is 10.2. The molecule has 0 aliphatic carbocycles. The maximum absolute atomic E-state index is 5.81. The van der Waals surface area contributed by atoms with Crippen molar-refractivity contribution in [1.82, 2.24) is 5.32 Å². The topological polar surface area (TPSA) is 30.5 Å². The Morgan fingerprint density at radius 1 is 1.00 bits per heavy atom. The van der Waals surface area contributed by atoms with Crippen LogP contribution in [0.2, 0.25) is 0 Å². The molecular formula is C21H24BrNO2. The number of hydrogen-bond donors (Lipinski definition) is 1. The minimum absolute atomic E-state index is 0.356. The maximum Gasteiger partial charge on any atom is 0.149 e. The fraction of sp³-hybridized carbons (Fsp3) is 0.333. The van der Waals surface area contributed by atoms with E-state index in [1.165, 1.54) is 0 Å². The van der Waals surface area contributed by atoms with E-state index in [0.29, 0.717) is 19.3 Å². The highest BCUT2D eigenvalue weighted by molar-refractivity contribution is 9.10. The lowest BCUT2D eigenvalue weighted by Crippen LogP contribution is -2.31. The highest BCUT2D eigenvalue weighted by Crippen LogP contribution is 2.18. The Bertz CT molecular complexity index is 687. The minimum Gasteiger partial charge on any atom is -0.492 e. The van der Waals surface area contributed by atoms with E-state index in [1.54, 1.807) is 0 Å². The lowest BCUT2D eigenvalue weighted by Gasteiger charge is -2.16. The molecule has 0 unspecified atom stereocenters. The minimum atomic E-state index is 0.356. The van der Waals surface area contributed by atoms with Gasteiger partial charge in [-0.1, -0.05) is 41.1 Å². The van der Waals surface area contributed by atoms with Crippen molar-refractivity contribution in [2.75, 3.05) is 20.3 Å². The molecule has 0 saturated carbocycles. The predicted molar refractivity (Wildman–Crippen MR) is 106 cm³/mol. The van der Waals surface area contributed by atoms with Crippen LogP contribution in [0.25, 0.3) is 0 Å². The molecule has 1 N–H and O–H groups in total. The second kappa shape index (κ2) is 10.8. The van der Waals surface area contributed by atoms with Gasteiger partial charge >= 0.3 is 0 Å². The summed E-state index contributed by atoms with van der Waals surface area (Å²) in [6, 6.07) is 15.9. The number of likely N-dealkylation sites (N-methyl/N-ethyl adjacent to an activating group) is 1. The zero-order valence-electron chi connectivity index (χ0n) is 14.7. The third-order valence-electron chi connectivity index (χ3n) is 3.71. The Morgan fingerprint density at radius 2 is 1.64 bits per heavy atom. The molecule has 2 aromatic carbocycles. The zero-order valence-corrected chi connectivity index (χ0v) is 16.3. The standard InChI is InChI=1S/C21H24BrNO2/c1-3-5-19(23-2)16-25-21-13-11-20(12-14-21)24-15-4-6-17-7-9-18(22)10-8-17/h7-14,19,23H,3,5,15-16H2,1-2H3/t19-/m1/s1. The summed E-state index contributed by atoms with van der Waals surface area (Å²) in [7, 11) is 1.97. The maximum atomic E-state index is 5.81. The van der Waals surface area contributed by atoms with Gasteiger partial charge in [0.05, 0.1) is 0 Å². The SMILES string of the molecule is CCC[C@H](COc1ccc(OCC#Cc2ccc(Br)cc2)cc1)NC. The molecule has 0 aromatic heterocycles. The van der Waals surface area contributed by atoms with Gasteiger partial charge in [-0.05, 0) is 62.0 Å². The van der Waals surface area contributed by atoms with E-state index in [9.17, 15) is 0 Å². The molecule has 3 nitrogen and oxygen atoms in total. The molecule has 0 aliphatic heterocycles. The summed E-state index contributed by atoms with van der Waals surface area (Å²) in [5.41, 5.74) is 0.974. The van der Waals surface area contributed by atoms with Crippen LogP contribution in [0, 0.1) is 11.8 Å². The first kappa shape index (κ1) is 19.4. The van der Waals surface area contributed by atoms with Crippen LogP contribution in [-0.4, -0.2) is 26.3 Å². The molecule has 2 aromatic rings. The molecule has 1 atom stereocenters. The molecule has 2 rings (SSSR count). The van der Waals surface area contributed by atoms with Gasteiger partial charge < -0.3 is 14.8 Å². The molecule has 0 saturated heterocycles. The van der Waals surface area contributed by atoms with Gasteiger partial charge in [0.15, 0.2) is 0 Å². The first-order valence-electron chi connectivity index (χ1n) is 8.48. The second-order valence-corrected chi connectivity index (χ2v) is 6.57. The number of ether oxygens (including phenoxy) is 2. The van der Waals surface area contributed by atoms with E-state index in [4.69, 9.17) is 9.47 Å². The molecular weight excluding hydrogens is 378 g/mol. The number of rotatable bonds is 8. The van der Waals surface area contributed by atoms with Crippen molar-refractivity contribution >= 4 is 15.9 Å². The summed E-state index contributed by atoms with van der Waals surface area (Å²) in [6.07, 6.45) is 2.25. The van der Waals surface area contributed by atoms with Crippen molar-refractivity contribution < 1.29 is 9.47 Å². The quantitative estimate of drug-likeness (QED) is 0.653. The molecule has 0 amide bonds. The largest absolute Gasteiger partial charge is 0.492 e. The van der Waals surface area contributed by atoms with Crippen LogP contribution < -0.4 is 14.8 Å². The van der Waals surface area contributed by atoms with Gasteiger partial charge in [-0.3, -0.25) is 0 Å². The number of benzene rings is 2. The van der Waals surface area contributed by atoms with Gasteiger partial charge in [-0.15, -0.1) is 0 Å². The number of hydrogen-bond acceptors (Lipinski definition) is 3. The van der Waals surface area contributed by atoms with Crippen molar-refractivity contribution in [1.29, 1.82) is 0 Å². The Kier molecular flexibility index (Phi) is 8.38. The summed E-state index contributed by atoms with van der Waals surface area (Å²) in [5.74, 6) is 7.74. The van der Waals surface area contributed by atoms with Crippen molar-refractivity contribution in [2.24, 2.45) is 0 Å². The molecule has 0 aliphatic rings. The molecule has 0 fully saturated rings. The molecule has 132 valence electrons. The van der Waals surface area contributed by atoms with Crippen molar-refractivity contribution in [3.63, 3.8) is 0 Å². The monoisotopic (exact) mass is 401 g/mol. The highest BCUT2D eigenvalue weighted by Gasteiger charge is 2.05. The zero-order chi connectivity index (χ0) is 17.9. The average molecular weight is 402 g/mol. The molecule has 0 bridgehead atoms. The number of nitrogens with one attached hydrogen (secondary N) is 1. The van der Waals surface area contributed by atoms with E-state index in [2.05, 4.69) is 40.0 Å². The summed E-state index contributed by atoms with van der Waals surface area (Å²) >= 11 is 3.41. The van der Waals surface area contributed by atoms with Crippen LogP contribution in [0.15, 0.2) is 53.0 Å². The van der Waals surface area contributed by atoms with Crippen molar-refractivity contribution in [2.45, 2.75) is 25.8 Å². The first-order chi connectivity index (χ1) is 12.2. The Balaban J connectivity index is 1.77. The van der Waals surface area contributed by atoms with Crippen LogP contribution in [0.3, 0.4) is 0 Å². The molecule has 0 radical (unpaired) electrons. The van der Waals surface area contributed by atoms with Crippen LogP contribution in [0.1, 0.15) is 25.3 Å². The fourth-order valence-corrected chi connectivity index (χ4v) is 2.54. The van der Waals surface area contributed by atoms with Crippen molar-refractivity contribution in [3.8, 4) is 23.3 Å². The first-order valence-corrected chi connectivity index (χ1v) is 9.28. The van der Waals surface area contributed by atoms with Crippen LogP contribution in [0.4, 0.5) is 0 Å². The van der Waals surface area contributed by atoms with Gasteiger partial charge in [0.1, 0.15) is 24.7 Å². The van der Waals surface area contributed by atoms with Crippen LogP contribution >= 0.6 is 15.9 Å². The average Bonchev–Trinajstić information content (AvgIpc) is 2.64. The van der Waals surface area contributed by atoms with Gasteiger partial charge in [-0.25, -0.2) is 0 Å². The summed E-state index contributed by atoms with van der Waals surface area (Å²) < 4.78 is 12.5. The van der Waals surface area contributed by atoms with Gasteiger partial charge in [0.2, 0.25) is 0 Å². The Morgan fingerprint density at radius 3 is 2.24 bits per heavy atom. The number of halogens is 1.